The van der Waals surface area contributed by atoms with Crippen LogP contribution in [0.4, 0.5) is 19.0 Å². The van der Waals surface area contributed by atoms with Gasteiger partial charge in [-0.05, 0) is 6.07 Å². The minimum Gasteiger partial charge on any atom is -0.394 e. The number of alkyl halides is 3. The fraction of sp³-hybridized carbons (Fsp3) is 0.600. The third-order valence-electron chi connectivity index (χ3n) is 3.22. The Hall–Kier alpha value is -1.69. The average Bonchev–Trinajstić information content (AvgIpc) is 2.63. The molecule has 0 unspecified atom stereocenters. The van der Waals surface area contributed by atoms with Gasteiger partial charge in [0.2, 0.25) is 5.60 Å². The lowest BCUT2D eigenvalue weighted by molar-refractivity contribution is -0.304. The molecule has 0 saturated carbocycles. The van der Waals surface area contributed by atoms with Gasteiger partial charge in [0.05, 0.1) is 6.61 Å². The van der Waals surface area contributed by atoms with Crippen molar-refractivity contribution in [1.82, 2.24) is 9.55 Å². The summed E-state index contributed by atoms with van der Waals surface area (Å²) in [5.41, 5.74) is 0.245. The number of hydrogen-bond donors (Lipinski definition) is 4. The molecular formula is C10H12F3N3O5. The molecule has 21 heavy (non-hydrogen) atoms. The summed E-state index contributed by atoms with van der Waals surface area (Å²) in [6.45, 7) is -0.979. The maximum Gasteiger partial charge on any atom is 0.424 e. The number of aromatic nitrogens is 2. The normalized spacial score (nSPS) is 33.3. The Labute approximate surface area is 115 Å². The second-order valence-electron chi connectivity index (χ2n) is 4.52. The lowest BCUT2D eigenvalue weighted by Gasteiger charge is -2.33. The Kier molecular flexibility index (Phi) is 3.70. The monoisotopic (exact) mass is 311 g/mol. The molecule has 1 aliphatic heterocycles. The van der Waals surface area contributed by atoms with E-state index < -0.39 is 42.5 Å². The van der Waals surface area contributed by atoms with Gasteiger partial charge in [0.25, 0.3) is 0 Å². The fourth-order valence-corrected chi connectivity index (χ4v) is 2.11. The van der Waals surface area contributed by atoms with Crippen molar-refractivity contribution in [2.24, 2.45) is 0 Å². The Morgan fingerprint density at radius 2 is 2.14 bits per heavy atom. The number of ether oxygens (including phenoxy) is 1. The van der Waals surface area contributed by atoms with Crippen molar-refractivity contribution in [2.75, 3.05) is 12.3 Å². The van der Waals surface area contributed by atoms with Crippen LogP contribution in [0.1, 0.15) is 6.23 Å². The number of nitrogen functional groups attached to an aromatic ring is 1. The number of rotatable bonds is 2. The summed E-state index contributed by atoms with van der Waals surface area (Å²) in [5.74, 6) is -0.232. The standard InChI is InChI=1S/C10H12F3N3O5/c11-10(12,13)9(20)6(18)4(3-17)21-7(9)16-2-1-5(14)15-8(16)19/h1-2,4,6-7,17-18,20H,3H2,(H2,14,15,19)/t4-,6-,7-,9-/m1/s1. The number of halogens is 3. The van der Waals surface area contributed by atoms with E-state index in [4.69, 9.17) is 15.6 Å². The molecule has 2 heterocycles. The molecule has 0 amide bonds. The second-order valence-corrected chi connectivity index (χ2v) is 4.52. The van der Waals surface area contributed by atoms with Gasteiger partial charge < -0.3 is 25.8 Å². The topological polar surface area (TPSA) is 131 Å². The maximum absolute atomic E-state index is 13.1. The quantitative estimate of drug-likeness (QED) is 0.516. The number of aliphatic hydroxyl groups is 3. The molecule has 11 heteroatoms. The Balaban J connectivity index is 2.57. The Morgan fingerprint density at radius 3 is 2.62 bits per heavy atom. The highest BCUT2D eigenvalue weighted by atomic mass is 19.4. The summed E-state index contributed by atoms with van der Waals surface area (Å²) in [6.07, 6.45) is -11.0. The molecule has 0 aliphatic carbocycles. The Bertz CT molecular complexity index is 592. The summed E-state index contributed by atoms with van der Waals surface area (Å²) >= 11 is 0. The van der Waals surface area contributed by atoms with Crippen LogP contribution in [0.2, 0.25) is 0 Å². The zero-order chi connectivity index (χ0) is 16.0. The number of aliphatic hydroxyl groups excluding tert-OH is 2. The zero-order valence-corrected chi connectivity index (χ0v) is 10.4. The highest BCUT2D eigenvalue weighted by Gasteiger charge is 2.70. The lowest BCUT2D eigenvalue weighted by Crippen LogP contribution is -2.58. The first kappa shape index (κ1) is 15.7. The first-order chi connectivity index (χ1) is 9.62. The summed E-state index contributed by atoms with van der Waals surface area (Å²) in [7, 11) is 0. The van der Waals surface area contributed by atoms with Crippen molar-refractivity contribution in [1.29, 1.82) is 0 Å². The van der Waals surface area contributed by atoms with Crippen molar-refractivity contribution in [2.45, 2.75) is 30.2 Å². The van der Waals surface area contributed by atoms with Crippen molar-refractivity contribution >= 4 is 5.82 Å². The largest absolute Gasteiger partial charge is 0.424 e. The van der Waals surface area contributed by atoms with E-state index in [1.165, 1.54) is 0 Å². The summed E-state index contributed by atoms with van der Waals surface area (Å²) < 4.78 is 44.5. The van der Waals surface area contributed by atoms with E-state index in [0.717, 1.165) is 12.3 Å². The average molecular weight is 311 g/mol. The van der Waals surface area contributed by atoms with Gasteiger partial charge in [0, 0.05) is 6.20 Å². The molecule has 1 fully saturated rings. The molecule has 0 spiro atoms. The molecule has 5 N–H and O–H groups in total. The number of anilines is 1. The minimum atomic E-state index is -5.32. The van der Waals surface area contributed by atoms with Crippen LogP contribution in [0.5, 0.6) is 0 Å². The minimum absolute atomic E-state index is 0.232. The summed E-state index contributed by atoms with van der Waals surface area (Å²) in [6, 6.07) is 1.03. The van der Waals surface area contributed by atoms with E-state index in [1.807, 2.05) is 0 Å². The number of hydrogen-bond acceptors (Lipinski definition) is 7. The van der Waals surface area contributed by atoms with Crippen LogP contribution in [0.25, 0.3) is 0 Å². The lowest BCUT2D eigenvalue weighted by atomic mass is 9.93. The molecule has 1 aliphatic rings. The van der Waals surface area contributed by atoms with Gasteiger partial charge in [0.1, 0.15) is 18.0 Å². The molecular weight excluding hydrogens is 299 g/mol. The van der Waals surface area contributed by atoms with Crippen LogP contribution in [0.15, 0.2) is 17.1 Å². The molecule has 2 rings (SSSR count). The van der Waals surface area contributed by atoms with Crippen LogP contribution in [-0.2, 0) is 4.74 Å². The van der Waals surface area contributed by atoms with Crippen LogP contribution < -0.4 is 11.4 Å². The smallest absolute Gasteiger partial charge is 0.394 e. The molecule has 118 valence electrons. The molecule has 1 saturated heterocycles. The SMILES string of the molecule is Nc1ccn([C@@H]2O[C@H](CO)[C@@H](O)[C@]2(O)C(F)(F)F)c(=O)n1. The summed E-state index contributed by atoms with van der Waals surface area (Å²) in [5, 5.41) is 28.4. The molecule has 1 aromatic rings. The third kappa shape index (κ3) is 2.27. The van der Waals surface area contributed by atoms with E-state index in [0.29, 0.717) is 4.57 Å². The van der Waals surface area contributed by atoms with Gasteiger partial charge in [-0.2, -0.15) is 18.2 Å². The van der Waals surface area contributed by atoms with E-state index in [-0.39, 0.29) is 5.82 Å². The van der Waals surface area contributed by atoms with E-state index >= 15 is 0 Å². The van der Waals surface area contributed by atoms with E-state index in [9.17, 15) is 28.2 Å². The highest BCUT2D eigenvalue weighted by Crippen LogP contribution is 2.47. The van der Waals surface area contributed by atoms with Crippen LogP contribution in [0, 0.1) is 0 Å². The highest BCUT2D eigenvalue weighted by molar-refractivity contribution is 5.24. The molecule has 0 bridgehead atoms. The number of nitrogens with zero attached hydrogens (tertiary/aromatic N) is 2. The predicted molar refractivity (Wildman–Crippen MR) is 60.9 cm³/mol. The summed E-state index contributed by atoms with van der Waals surface area (Å²) in [4.78, 5) is 14.8. The van der Waals surface area contributed by atoms with Crippen molar-refractivity contribution < 1.29 is 33.2 Å². The maximum atomic E-state index is 13.1. The van der Waals surface area contributed by atoms with Gasteiger partial charge in [-0.1, -0.05) is 0 Å². The van der Waals surface area contributed by atoms with Gasteiger partial charge in [-0.3, -0.25) is 4.57 Å². The Morgan fingerprint density at radius 1 is 1.52 bits per heavy atom. The predicted octanol–water partition coefficient (Wildman–Crippen LogP) is -1.63. The van der Waals surface area contributed by atoms with Gasteiger partial charge in [-0.15, -0.1) is 0 Å². The van der Waals surface area contributed by atoms with Crippen molar-refractivity contribution in [3.8, 4) is 0 Å². The molecule has 0 radical (unpaired) electrons. The molecule has 1 aromatic heterocycles. The first-order valence-corrected chi connectivity index (χ1v) is 5.71. The van der Waals surface area contributed by atoms with Gasteiger partial charge in [-0.25, -0.2) is 4.79 Å². The zero-order valence-electron chi connectivity index (χ0n) is 10.4. The first-order valence-electron chi connectivity index (χ1n) is 5.71. The fourth-order valence-electron chi connectivity index (χ4n) is 2.11. The number of nitrogens with two attached hydrogens (primary N) is 1. The second kappa shape index (κ2) is 4.94. The van der Waals surface area contributed by atoms with Gasteiger partial charge in [0.15, 0.2) is 6.23 Å². The van der Waals surface area contributed by atoms with Crippen molar-refractivity contribution in [3.63, 3.8) is 0 Å². The van der Waals surface area contributed by atoms with Crippen molar-refractivity contribution in [3.05, 3.63) is 22.7 Å². The molecule has 0 aromatic carbocycles. The van der Waals surface area contributed by atoms with E-state index in [2.05, 4.69) is 4.98 Å². The van der Waals surface area contributed by atoms with Crippen LogP contribution in [0.3, 0.4) is 0 Å². The molecule has 8 nitrogen and oxygen atoms in total. The molecule has 4 atom stereocenters. The van der Waals surface area contributed by atoms with E-state index in [1.54, 1.807) is 0 Å². The van der Waals surface area contributed by atoms with Crippen LogP contribution >= 0.6 is 0 Å². The third-order valence-corrected chi connectivity index (χ3v) is 3.22. The van der Waals surface area contributed by atoms with Crippen LogP contribution in [-0.4, -0.2) is 55.5 Å². The van der Waals surface area contributed by atoms with Gasteiger partial charge >= 0.3 is 11.9 Å².